The molecule has 4 N–H and O–H groups in total. The molecule has 0 saturated carbocycles. The van der Waals surface area contributed by atoms with Crippen LogP contribution in [0, 0.1) is 5.92 Å². The molecule has 1 aromatic heterocycles. The number of imidazole rings is 1. The van der Waals surface area contributed by atoms with Gasteiger partial charge in [0, 0.05) is 24.3 Å². The first-order chi connectivity index (χ1) is 19.3. The summed E-state index contributed by atoms with van der Waals surface area (Å²) in [6, 6.07) is 6.44. The fourth-order valence-corrected chi connectivity index (χ4v) is 4.34. The smallest absolute Gasteiger partial charge is 0.478 e. The number of piperidine rings is 1. The maximum Gasteiger partial charge on any atom is 0.490 e. The van der Waals surface area contributed by atoms with Gasteiger partial charge in [0.2, 0.25) is 5.91 Å². The number of nitrogens with zero attached hydrogens (tertiary/aromatic N) is 2. The van der Waals surface area contributed by atoms with Crippen molar-refractivity contribution in [1.29, 1.82) is 0 Å². The van der Waals surface area contributed by atoms with Crippen LogP contribution >= 0.6 is 0 Å². The van der Waals surface area contributed by atoms with Gasteiger partial charge in [0.1, 0.15) is 11.6 Å². The third kappa shape index (κ3) is 11.3. The van der Waals surface area contributed by atoms with Crippen LogP contribution in [0.4, 0.5) is 13.2 Å². The number of likely N-dealkylation sites (tertiary alicyclic amines) is 1. The van der Waals surface area contributed by atoms with Crippen LogP contribution in [-0.4, -0.2) is 75.0 Å². The number of aromatic amines is 1. The molecule has 1 amide bonds. The molecule has 0 aliphatic carbocycles. The van der Waals surface area contributed by atoms with Crippen molar-refractivity contribution in [2.24, 2.45) is 5.92 Å². The van der Waals surface area contributed by atoms with Gasteiger partial charge >= 0.3 is 18.1 Å². The van der Waals surface area contributed by atoms with Crippen LogP contribution in [0.3, 0.4) is 0 Å². The molecule has 10 nitrogen and oxygen atoms in total. The number of aromatic carboxylic acids is 1. The van der Waals surface area contributed by atoms with E-state index in [0.717, 1.165) is 57.2 Å². The van der Waals surface area contributed by atoms with Crippen molar-refractivity contribution in [2.45, 2.75) is 70.5 Å². The summed E-state index contributed by atoms with van der Waals surface area (Å²) in [5, 5.41) is 19.6. The Morgan fingerprint density at radius 3 is 2.37 bits per heavy atom. The summed E-state index contributed by atoms with van der Waals surface area (Å²) in [7, 11) is 2.07. The second-order valence-electron chi connectivity index (χ2n) is 10.0. The molecule has 0 spiro atoms. The maximum atomic E-state index is 13.0. The number of carboxylic acid groups (broad SMARTS) is 2. The van der Waals surface area contributed by atoms with Gasteiger partial charge in [-0.3, -0.25) is 9.59 Å². The summed E-state index contributed by atoms with van der Waals surface area (Å²) in [5.41, 5.74) is 1.66. The number of rotatable bonds is 12. The number of ketones is 1. The first-order valence-electron chi connectivity index (χ1n) is 13.5. The highest BCUT2D eigenvalue weighted by Gasteiger charge is 2.38. The second kappa shape index (κ2) is 15.9. The highest BCUT2D eigenvalue weighted by molar-refractivity contribution is 5.89. The normalized spacial score (nSPS) is 15.0. The van der Waals surface area contributed by atoms with E-state index in [0.29, 0.717) is 24.4 Å². The van der Waals surface area contributed by atoms with E-state index >= 15 is 0 Å². The van der Waals surface area contributed by atoms with Crippen LogP contribution in [0.5, 0.6) is 0 Å². The lowest BCUT2D eigenvalue weighted by atomic mass is 9.95. The molecule has 226 valence electrons. The van der Waals surface area contributed by atoms with Gasteiger partial charge in [-0.25, -0.2) is 14.6 Å². The Labute approximate surface area is 236 Å². The number of carbonyl (C=O) groups excluding carboxylic acids is 2. The van der Waals surface area contributed by atoms with Crippen molar-refractivity contribution < 1.29 is 42.6 Å². The van der Waals surface area contributed by atoms with Crippen molar-refractivity contribution in [3.63, 3.8) is 0 Å². The lowest BCUT2D eigenvalue weighted by Crippen LogP contribution is -2.40. The molecule has 2 aromatic rings. The van der Waals surface area contributed by atoms with E-state index in [1.165, 1.54) is 0 Å². The molecule has 1 aromatic carbocycles. The van der Waals surface area contributed by atoms with Gasteiger partial charge < -0.3 is 25.4 Å². The zero-order chi connectivity index (χ0) is 30.6. The number of benzene rings is 1. The Morgan fingerprint density at radius 1 is 1.12 bits per heavy atom. The summed E-state index contributed by atoms with van der Waals surface area (Å²) >= 11 is 0. The lowest BCUT2D eigenvalue weighted by molar-refractivity contribution is -0.192. The highest BCUT2D eigenvalue weighted by Crippen LogP contribution is 2.25. The number of carboxylic acids is 2. The van der Waals surface area contributed by atoms with Gasteiger partial charge in [0.15, 0.2) is 0 Å². The Balaban J connectivity index is 0.000000745. The van der Waals surface area contributed by atoms with Gasteiger partial charge in [-0.15, -0.1) is 0 Å². The van der Waals surface area contributed by atoms with E-state index in [2.05, 4.69) is 27.2 Å². The van der Waals surface area contributed by atoms with Gasteiger partial charge in [-0.1, -0.05) is 31.9 Å². The van der Waals surface area contributed by atoms with Gasteiger partial charge in [-0.05, 0) is 58.0 Å². The predicted molar refractivity (Wildman–Crippen MR) is 144 cm³/mol. The van der Waals surface area contributed by atoms with E-state index in [1.54, 1.807) is 24.4 Å². The summed E-state index contributed by atoms with van der Waals surface area (Å²) in [6.45, 7) is 3.72. The van der Waals surface area contributed by atoms with Crippen LogP contribution in [0.25, 0.3) is 11.3 Å². The minimum absolute atomic E-state index is 0.00237. The fourth-order valence-electron chi connectivity index (χ4n) is 4.34. The molecular weight excluding hydrogens is 545 g/mol. The second-order valence-corrected chi connectivity index (χ2v) is 10.0. The molecule has 3 rings (SSSR count). The number of hydrogen-bond acceptors (Lipinski definition) is 6. The minimum atomic E-state index is -5.08. The summed E-state index contributed by atoms with van der Waals surface area (Å²) < 4.78 is 31.7. The number of hydrogen-bond donors (Lipinski definition) is 4. The number of halogens is 3. The van der Waals surface area contributed by atoms with Crippen molar-refractivity contribution >= 4 is 23.6 Å². The van der Waals surface area contributed by atoms with Crippen LogP contribution in [0.1, 0.15) is 80.5 Å². The van der Waals surface area contributed by atoms with Gasteiger partial charge in [0.25, 0.3) is 0 Å². The van der Waals surface area contributed by atoms with Crippen molar-refractivity contribution in [2.75, 3.05) is 20.1 Å². The molecule has 0 unspecified atom stereocenters. The Morgan fingerprint density at radius 2 is 1.78 bits per heavy atom. The zero-order valence-electron chi connectivity index (χ0n) is 23.2. The number of aromatic nitrogens is 2. The van der Waals surface area contributed by atoms with E-state index in [-0.39, 0.29) is 29.2 Å². The van der Waals surface area contributed by atoms with Crippen LogP contribution < -0.4 is 5.32 Å². The van der Waals surface area contributed by atoms with E-state index in [4.69, 9.17) is 9.90 Å². The average molecular weight is 583 g/mol. The Kier molecular flexibility index (Phi) is 13.0. The topological polar surface area (TPSA) is 153 Å². The summed E-state index contributed by atoms with van der Waals surface area (Å²) in [4.78, 5) is 54.9. The molecular formula is C28H37F3N4O6. The van der Waals surface area contributed by atoms with Crippen molar-refractivity contribution in [1.82, 2.24) is 20.2 Å². The third-order valence-electron chi connectivity index (χ3n) is 6.84. The molecule has 1 aliphatic rings. The zero-order valence-corrected chi connectivity index (χ0v) is 23.2. The molecule has 2 heterocycles. The van der Waals surface area contributed by atoms with Crippen molar-refractivity contribution in [3.05, 3.63) is 41.9 Å². The number of alkyl halides is 3. The van der Waals surface area contributed by atoms with Gasteiger partial charge in [0.05, 0.1) is 23.5 Å². The largest absolute Gasteiger partial charge is 0.490 e. The average Bonchev–Trinajstić information content (AvgIpc) is 3.42. The first kappa shape index (κ1) is 33.5. The number of nitrogens with one attached hydrogen (secondary N) is 2. The number of H-pyrrole nitrogens is 1. The molecule has 13 heteroatoms. The molecule has 41 heavy (non-hydrogen) atoms. The Bertz CT molecular complexity index is 1180. The maximum absolute atomic E-state index is 13.0. The number of unbranched alkanes of at least 4 members (excludes halogenated alkanes) is 2. The van der Waals surface area contributed by atoms with Crippen LogP contribution in [-0.2, 0) is 14.4 Å². The molecule has 0 bridgehead atoms. The molecule has 0 radical (unpaired) electrons. The number of amides is 1. The molecule has 1 atom stereocenters. The standard InChI is InChI=1S/C26H36N4O4.C2HF3O2/c1-3-21(31)10-5-4-6-11-22(29-25(32)18-12-14-30(2)15-13-18)24-27-17-23(28-24)19-8-7-9-20(16-19)26(33)34;3-2(4,5)1(6)7/h7-9,16-18,22H,3-6,10-15H2,1-2H3,(H,27,28)(H,29,32)(H,33,34);(H,6,7)/t22-;/m0./s1. The monoisotopic (exact) mass is 582 g/mol. The predicted octanol–water partition coefficient (Wildman–Crippen LogP) is 4.84. The highest BCUT2D eigenvalue weighted by atomic mass is 19.4. The molecule has 1 saturated heterocycles. The first-order valence-corrected chi connectivity index (χ1v) is 13.5. The number of Topliss-reactive ketones (excluding diaryl/α,β-unsaturated/α-hetero) is 1. The number of carbonyl (C=O) groups is 4. The van der Waals surface area contributed by atoms with Crippen LogP contribution in [0.15, 0.2) is 30.5 Å². The minimum Gasteiger partial charge on any atom is -0.478 e. The van der Waals surface area contributed by atoms with E-state index < -0.39 is 18.1 Å². The summed E-state index contributed by atoms with van der Waals surface area (Å²) in [5.74, 6) is -2.72. The van der Waals surface area contributed by atoms with Crippen LogP contribution in [0.2, 0.25) is 0 Å². The van der Waals surface area contributed by atoms with Crippen molar-refractivity contribution in [3.8, 4) is 11.3 Å². The Hall–Kier alpha value is -3.74. The lowest BCUT2D eigenvalue weighted by Gasteiger charge is -2.29. The molecule has 1 aliphatic heterocycles. The van der Waals surface area contributed by atoms with Gasteiger partial charge in [-0.2, -0.15) is 13.2 Å². The quantitative estimate of drug-likeness (QED) is 0.260. The molecule has 1 fully saturated rings. The van der Waals surface area contributed by atoms with E-state index in [1.807, 2.05) is 13.0 Å². The fraction of sp³-hybridized carbons (Fsp3) is 0.536. The third-order valence-corrected chi connectivity index (χ3v) is 6.84. The number of aliphatic carboxylic acids is 1. The SMILES string of the molecule is CCC(=O)CCCCC[C@H](NC(=O)C1CCN(C)CC1)c1ncc(-c2cccc(C(=O)O)c2)[nH]1.O=C(O)C(F)(F)F. The summed E-state index contributed by atoms with van der Waals surface area (Å²) in [6.07, 6.45) is 2.85. The van der Waals surface area contributed by atoms with E-state index in [9.17, 15) is 32.7 Å².